The van der Waals surface area contributed by atoms with Crippen LogP contribution >= 0.6 is 0 Å². The van der Waals surface area contributed by atoms with Crippen LogP contribution in [0.1, 0.15) is 50.7 Å². The van der Waals surface area contributed by atoms with Crippen molar-refractivity contribution in [2.75, 3.05) is 20.3 Å². The molecular weight excluding hydrogens is 252 g/mol. The number of hydrogen-bond acceptors (Lipinski definition) is 3. The lowest BCUT2D eigenvalue weighted by Gasteiger charge is -2.34. The van der Waals surface area contributed by atoms with Gasteiger partial charge in [0.1, 0.15) is 12.4 Å². The lowest BCUT2D eigenvalue weighted by molar-refractivity contribution is 0.0211. The number of methoxy groups -OCH3 is 1. The van der Waals surface area contributed by atoms with Gasteiger partial charge in [-0.05, 0) is 25.3 Å². The Morgan fingerprint density at radius 2 is 1.90 bits per heavy atom. The molecule has 112 valence electrons. The second-order valence-electron chi connectivity index (χ2n) is 5.70. The van der Waals surface area contributed by atoms with E-state index in [1.165, 1.54) is 12.8 Å². The Balaban J connectivity index is 2.18. The molecule has 1 aliphatic rings. The molecule has 0 saturated heterocycles. The van der Waals surface area contributed by atoms with Crippen LogP contribution in [0.4, 0.5) is 0 Å². The van der Waals surface area contributed by atoms with Crippen molar-refractivity contribution in [3.63, 3.8) is 0 Å². The van der Waals surface area contributed by atoms with Gasteiger partial charge in [-0.3, -0.25) is 0 Å². The molecule has 0 aromatic heterocycles. The van der Waals surface area contributed by atoms with Crippen molar-refractivity contribution < 1.29 is 14.6 Å². The van der Waals surface area contributed by atoms with E-state index in [1.807, 2.05) is 24.3 Å². The van der Waals surface area contributed by atoms with Crippen LogP contribution in [0.3, 0.4) is 0 Å². The molecule has 1 N–H and O–H groups in total. The van der Waals surface area contributed by atoms with E-state index in [1.54, 1.807) is 7.11 Å². The molecule has 1 saturated carbocycles. The highest BCUT2D eigenvalue weighted by atomic mass is 16.5. The molecule has 20 heavy (non-hydrogen) atoms. The molecule has 1 unspecified atom stereocenters. The van der Waals surface area contributed by atoms with Crippen LogP contribution in [0.25, 0.3) is 0 Å². The smallest absolute Gasteiger partial charge is 0.125 e. The molecule has 1 aromatic carbocycles. The minimum atomic E-state index is -0.436. The standard InChI is InChI=1S/C17H26O3/c1-3-17(10-6-7-11-17)16(18)14-8-4-5-9-15(14)20-13-12-19-2/h4-5,8-9,16,18H,3,6-7,10-13H2,1-2H3. The summed E-state index contributed by atoms with van der Waals surface area (Å²) in [6, 6.07) is 7.85. The van der Waals surface area contributed by atoms with E-state index in [0.717, 1.165) is 30.6 Å². The van der Waals surface area contributed by atoms with Crippen LogP contribution in [0.5, 0.6) is 5.75 Å². The summed E-state index contributed by atoms with van der Waals surface area (Å²) in [6.07, 6.45) is 5.23. The average molecular weight is 278 g/mol. The van der Waals surface area contributed by atoms with E-state index < -0.39 is 6.10 Å². The van der Waals surface area contributed by atoms with Crippen molar-refractivity contribution in [2.24, 2.45) is 5.41 Å². The van der Waals surface area contributed by atoms with Gasteiger partial charge in [0.05, 0.1) is 12.7 Å². The minimum absolute atomic E-state index is 0.0285. The summed E-state index contributed by atoms with van der Waals surface area (Å²) in [5.74, 6) is 0.789. The van der Waals surface area contributed by atoms with Crippen molar-refractivity contribution >= 4 is 0 Å². The zero-order valence-corrected chi connectivity index (χ0v) is 12.6. The number of rotatable bonds is 7. The lowest BCUT2D eigenvalue weighted by atomic mass is 9.75. The Bertz CT molecular complexity index is 410. The van der Waals surface area contributed by atoms with E-state index in [9.17, 15) is 5.11 Å². The van der Waals surface area contributed by atoms with Crippen molar-refractivity contribution in [1.82, 2.24) is 0 Å². The summed E-state index contributed by atoms with van der Waals surface area (Å²) in [4.78, 5) is 0. The van der Waals surface area contributed by atoms with Gasteiger partial charge in [0.25, 0.3) is 0 Å². The second kappa shape index (κ2) is 7.09. The Morgan fingerprint density at radius 3 is 2.55 bits per heavy atom. The molecule has 0 radical (unpaired) electrons. The maximum Gasteiger partial charge on any atom is 0.125 e. The Kier molecular flexibility index (Phi) is 5.44. The maximum absolute atomic E-state index is 10.9. The maximum atomic E-state index is 10.9. The van der Waals surface area contributed by atoms with E-state index >= 15 is 0 Å². The number of ether oxygens (including phenoxy) is 2. The summed E-state index contributed by atoms with van der Waals surface area (Å²) in [7, 11) is 1.66. The van der Waals surface area contributed by atoms with Crippen molar-refractivity contribution in [2.45, 2.75) is 45.1 Å². The first-order chi connectivity index (χ1) is 9.73. The molecule has 0 aliphatic heterocycles. The van der Waals surface area contributed by atoms with Gasteiger partial charge in [-0.25, -0.2) is 0 Å². The summed E-state index contributed by atoms with van der Waals surface area (Å²) in [6.45, 7) is 3.26. The fourth-order valence-corrected chi connectivity index (χ4v) is 3.30. The van der Waals surface area contributed by atoms with Gasteiger partial charge in [0, 0.05) is 18.1 Å². The highest BCUT2D eigenvalue weighted by Gasteiger charge is 2.40. The van der Waals surface area contributed by atoms with Gasteiger partial charge in [-0.1, -0.05) is 38.0 Å². The van der Waals surface area contributed by atoms with Crippen molar-refractivity contribution in [3.05, 3.63) is 29.8 Å². The molecule has 1 aromatic rings. The third-order valence-corrected chi connectivity index (χ3v) is 4.64. The van der Waals surface area contributed by atoms with Gasteiger partial charge < -0.3 is 14.6 Å². The van der Waals surface area contributed by atoms with Crippen molar-refractivity contribution in [3.8, 4) is 5.75 Å². The number of aliphatic hydroxyl groups is 1. The number of hydrogen-bond donors (Lipinski definition) is 1. The summed E-state index contributed by atoms with van der Waals surface area (Å²) in [5.41, 5.74) is 0.952. The lowest BCUT2D eigenvalue weighted by Crippen LogP contribution is -2.25. The van der Waals surface area contributed by atoms with Crippen LogP contribution in [-0.4, -0.2) is 25.4 Å². The van der Waals surface area contributed by atoms with Crippen LogP contribution in [0.2, 0.25) is 0 Å². The zero-order valence-electron chi connectivity index (χ0n) is 12.6. The minimum Gasteiger partial charge on any atom is -0.491 e. The Labute approximate surface area is 121 Å². The van der Waals surface area contributed by atoms with Crippen molar-refractivity contribution in [1.29, 1.82) is 0 Å². The van der Waals surface area contributed by atoms with Gasteiger partial charge in [0.2, 0.25) is 0 Å². The molecule has 1 aliphatic carbocycles. The van der Waals surface area contributed by atoms with Crippen LogP contribution in [0, 0.1) is 5.41 Å². The predicted molar refractivity (Wildman–Crippen MR) is 80.0 cm³/mol. The van der Waals surface area contributed by atoms with E-state index in [4.69, 9.17) is 9.47 Å². The molecular formula is C17H26O3. The van der Waals surface area contributed by atoms with Gasteiger partial charge in [-0.15, -0.1) is 0 Å². The third-order valence-electron chi connectivity index (χ3n) is 4.64. The normalized spacial score (nSPS) is 18.9. The molecule has 0 heterocycles. The monoisotopic (exact) mass is 278 g/mol. The molecule has 3 heteroatoms. The third kappa shape index (κ3) is 3.15. The highest BCUT2D eigenvalue weighted by Crippen LogP contribution is 2.51. The largest absolute Gasteiger partial charge is 0.491 e. The Hall–Kier alpha value is -1.06. The first-order valence-corrected chi connectivity index (χ1v) is 7.62. The van der Waals surface area contributed by atoms with E-state index in [2.05, 4.69) is 6.92 Å². The average Bonchev–Trinajstić information content (AvgIpc) is 2.97. The van der Waals surface area contributed by atoms with E-state index in [0.29, 0.717) is 13.2 Å². The SMILES string of the molecule is CCC1(C(O)c2ccccc2OCCOC)CCCC1. The molecule has 3 nitrogen and oxygen atoms in total. The van der Waals surface area contributed by atoms with Gasteiger partial charge >= 0.3 is 0 Å². The fraction of sp³-hybridized carbons (Fsp3) is 0.647. The molecule has 1 fully saturated rings. The Morgan fingerprint density at radius 1 is 1.20 bits per heavy atom. The molecule has 0 amide bonds. The quantitative estimate of drug-likeness (QED) is 0.773. The second-order valence-corrected chi connectivity index (χ2v) is 5.70. The topological polar surface area (TPSA) is 38.7 Å². The molecule has 1 atom stereocenters. The summed E-state index contributed by atoms with van der Waals surface area (Å²) >= 11 is 0. The van der Waals surface area contributed by atoms with Gasteiger partial charge in [-0.2, -0.15) is 0 Å². The first kappa shape index (κ1) is 15.3. The summed E-state index contributed by atoms with van der Waals surface area (Å²) in [5, 5.41) is 10.9. The zero-order chi connectivity index (χ0) is 14.4. The molecule has 0 bridgehead atoms. The number of para-hydroxylation sites is 1. The number of benzene rings is 1. The molecule has 0 spiro atoms. The van der Waals surface area contributed by atoms with Crippen LogP contribution in [0.15, 0.2) is 24.3 Å². The number of aliphatic hydroxyl groups excluding tert-OH is 1. The fourth-order valence-electron chi connectivity index (χ4n) is 3.30. The highest BCUT2D eigenvalue weighted by molar-refractivity contribution is 5.36. The van der Waals surface area contributed by atoms with Crippen LogP contribution < -0.4 is 4.74 Å². The van der Waals surface area contributed by atoms with E-state index in [-0.39, 0.29) is 5.41 Å². The first-order valence-electron chi connectivity index (χ1n) is 7.62. The molecule has 2 rings (SSSR count). The predicted octanol–water partition coefficient (Wildman–Crippen LogP) is 3.72. The van der Waals surface area contributed by atoms with Crippen LogP contribution in [-0.2, 0) is 4.74 Å². The van der Waals surface area contributed by atoms with Gasteiger partial charge in [0.15, 0.2) is 0 Å². The summed E-state index contributed by atoms with van der Waals surface area (Å²) < 4.78 is 10.8.